The SMILES string of the molecule is Cc1sc2ncn(C(C)CNC(C)C)c(=O)c2c1C. The van der Waals surface area contributed by atoms with Gasteiger partial charge in [0.25, 0.3) is 5.56 Å². The van der Waals surface area contributed by atoms with Gasteiger partial charge in [-0.05, 0) is 26.3 Å². The lowest BCUT2D eigenvalue weighted by Crippen LogP contribution is -2.33. The number of aromatic nitrogens is 2. The Labute approximate surface area is 117 Å². The van der Waals surface area contributed by atoms with Crippen LogP contribution in [-0.4, -0.2) is 22.1 Å². The third-order valence-electron chi connectivity index (χ3n) is 3.41. The summed E-state index contributed by atoms with van der Waals surface area (Å²) in [5, 5.41) is 4.13. The third-order valence-corrected chi connectivity index (χ3v) is 4.53. The predicted octanol–water partition coefficient (Wildman–Crippen LogP) is 2.63. The van der Waals surface area contributed by atoms with Crippen molar-refractivity contribution >= 4 is 21.6 Å². The maximum atomic E-state index is 12.6. The molecule has 4 nitrogen and oxygen atoms in total. The first-order valence-electron chi connectivity index (χ1n) is 6.62. The molecule has 2 aromatic heterocycles. The lowest BCUT2D eigenvalue weighted by Gasteiger charge is -2.17. The minimum absolute atomic E-state index is 0.0740. The van der Waals surface area contributed by atoms with Crippen molar-refractivity contribution in [1.29, 1.82) is 0 Å². The highest BCUT2D eigenvalue weighted by Crippen LogP contribution is 2.25. The van der Waals surface area contributed by atoms with E-state index in [4.69, 9.17) is 0 Å². The van der Waals surface area contributed by atoms with Crippen LogP contribution in [0.5, 0.6) is 0 Å². The fraction of sp³-hybridized carbons (Fsp3) is 0.571. The maximum absolute atomic E-state index is 12.6. The van der Waals surface area contributed by atoms with Gasteiger partial charge in [-0.25, -0.2) is 4.98 Å². The van der Waals surface area contributed by atoms with Crippen LogP contribution in [0.2, 0.25) is 0 Å². The van der Waals surface area contributed by atoms with Crippen LogP contribution in [0.4, 0.5) is 0 Å². The Morgan fingerprint density at radius 3 is 2.68 bits per heavy atom. The van der Waals surface area contributed by atoms with Crippen LogP contribution in [0, 0.1) is 13.8 Å². The number of rotatable bonds is 4. The Balaban J connectivity index is 2.42. The Bertz CT molecular complexity index is 642. The fourth-order valence-electron chi connectivity index (χ4n) is 2.07. The van der Waals surface area contributed by atoms with Crippen molar-refractivity contribution in [3.05, 3.63) is 27.1 Å². The first kappa shape index (κ1) is 14.2. The van der Waals surface area contributed by atoms with Gasteiger partial charge in [0.2, 0.25) is 0 Å². The van der Waals surface area contributed by atoms with Gasteiger partial charge in [-0.1, -0.05) is 13.8 Å². The number of hydrogen-bond donors (Lipinski definition) is 1. The molecule has 0 aliphatic carbocycles. The molecule has 1 N–H and O–H groups in total. The number of thiophene rings is 1. The second-order valence-electron chi connectivity index (χ2n) is 5.33. The lowest BCUT2D eigenvalue weighted by molar-refractivity contribution is 0.453. The molecule has 0 aromatic carbocycles. The van der Waals surface area contributed by atoms with E-state index in [2.05, 4.69) is 24.1 Å². The molecular weight excluding hydrogens is 258 g/mol. The summed E-state index contributed by atoms with van der Waals surface area (Å²) >= 11 is 1.59. The standard InChI is InChI=1S/C14H21N3OS/c1-8(2)15-6-9(3)17-7-16-13-12(14(17)18)10(4)11(5)19-13/h7-9,15H,6H2,1-5H3. The van der Waals surface area contributed by atoms with Crippen molar-refractivity contribution in [3.8, 4) is 0 Å². The van der Waals surface area contributed by atoms with Crippen LogP contribution in [0.3, 0.4) is 0 Å². The van der Waals surface area contributed by atoms with E-state index in [0.717, 1.165) is 22.3 Å². The van der Waals surface area contributed by atoms with Crippen molar-refractivity contribution in [1.82, 2.24) is 14.9 Å². The highest BCUT2D eigenvalue weighted by Gasteiger charge is 2.14. The van der Waals surface area contributed by atoms with E-state index in [0.29, 0.717) is 6.04 Å². The van der Waals surface area contributed by atoms with Crippen molar-refractivity contribution in [2.24, 2.45) is 0 Å². The molecule has 5 heteroatoms. The van der Waals surface area contributed by atoms with Gasteiger partial charge in [0.1, 0.15) is 4.83 Å². The van der Waals surface area contributed by atoms with Gasteiger partial charge in [0.05, 0.1) is 11.7 Å². The molecule has 2 heterocycles. The van der Waals surface area contributed by atoms with Gasteiger partial charge in [-0.2, -0.15) is 0 Å². The summed E-state index contributed by atoms with van der Waals surface area (Å²) in [6, 6.07) is 0.520. The maximum Gasteiger partial charge on any atom is 0.262 e. The summed E-state index contributed by atoms with van der Waals surface area (Å²) in [5.74, 6) is 0. The summed E-state index contributed by atoms with van der Waals surface area (Å²) in [6.45, 7) is 11.0. The highest BCUT2D eigenvalue weighted by atomic mass is 32.1. The third kappa shape index (κ3) is 2.72. The molecule has 0 aliphatic heterocycles. The van der Waals surface area contributed by atoms with E-state index < -0.39 is 0 Å². The van der Waals surface area contributed by atoms with Gasteiger partial charge >= 0.3 is 0 Å². The molecule has 2 aromatic rings. The summed E-state index contributed by atoms with van der Waals surface area (Å²) in [7, 11) is 0. The normalized spacial score (nSPS) is 13.4. The average molecular weight is 279 g/mol. The number of nitrogens with zero attached hydrogens (tertiary/aromatic N) is 2. The second-order valence-corrected chi connectivity index (χ2v) is 6.54. The first-order chi connectivity index (χ1) is 8.91. The van der Waals surface area contributed by atoms with Crippen LogP contribution in [0.15, 0.2) is 11.1 Å². The van der Waals surface area contributed by atoms with E-state index in [-0.39, 0.29) is 11.6 Å². The number of fused-ring (bicyclic) bond motifs is 1. The Hall–Kier alpha value is -1.20. The summed E-state index contributed by atoms with van der Waals surface area (Å²) < 4.78 is 1.73. The van der Waals surface area contributed by atoms with E-state index in [1.165, 1.54) is 4.88 Å². The van der Waals surface area contributed by atoms with E-state index >= 15 is 0 Å². The number of nitrogens with one attached hydrogen (secondary N) is 1. The molecule has 0 spiro atoms. The van der Waals surface area contributed by atoms with Crippen LogP contribution < -0.4 is 10.9 Å². The monoisotopic (exact) mass is 279 g/mol. The molecule has 0 saturated heterocycles. The van der Waals surface area contributed by atoms with Crippen molar-refractivity contribution in [3.63, 3.8) is 0 Å². The van der Waals surface area contributed by atoms with Crippen LogP contribution in [0.1, 0.15) is 37.3 Å². The van der Waals surface area contributed by atoms with Crippen LogP contribution in [-0.2, 0) is 0 Å². The molecule has 0 aliphatic rings. The van der Waals surface area contributed by atoms with Crippen molar-refractivity contribution in [2.45, 2.75) is 46.7 Å². The predicted molar refractivity (Wildman–Crippen MR) is 81.2 cm³/mol. The molecule has 104 valence electrons. The quantitative estimate of drug-likeness (QED) is 0.936. The van der Waals surface area contributed by atoms with Gasteiger partial charge in [0.15, 0.2) is 0 Å². The number of hydrogen-bond acceptors (Lipinski definition) is 4. The molecule has 1 atom stereocenters. The molecule has 0 amide bonds. The minimum atomic E-state index is 0.0740. The van der Waals surface area contributed by atoms with Crippen LogP contribution >= 0.6 is 11.3 Å². The van der Waals surface area contributed by atoms with E-state index in [1.807, 2.05) is 20.8 Å². The van der Waals surface area contributed by atoms with Gasteiger partial charge in [-0.15, -0.1) is 11.3 Å². The molecular formula is C14H21N3OS. The summed E-state index contributed by atoms with van der Waals surface area (Å²) in [6.07, 6.45) is 1.67. The highest BCUT2D eigenvalue weighted by molar-refractivity contribution is 7.18. The zero-order chi connectivity index (χ0) is 14.2. The van der Waals surface area contributed by atoms with E-state index in [1.54, 1.807) is 22.2 Å². The second kappa shape index (κ2) is 5.43. The van der Waals surface area contributed by atoms with E-state index in [9.17, 15) is 4.79 Å². The molecule has 0 bridgehead atoms. The molecule has 0 saturated carbocycles. The van der Waals surface area contributed by atoms with Crippen molar-refractivity contribution in [2.75, 3.05) is 6.54 Å². The largest absolute Gasteiger partial charge is 0.312 e. The first-order valence-corrected chi connectivity index (χ1v) is 7.43. The molecule has 19 heavy (non-hydrogen) atoms. The Morgan fingerprint density at radius 2 is 2.05 bits per heavy atom. The average Bonchev–Trinajstić information content (AvgIpc) is 2.63. The van der Waals surface area contributed by atoms with Crippen LogP contribution in [0.25, 0.3) is 10.2 Å². The number of aryl methyl sites for hydroxylation is 2. The van der Waals surface area contributed by atoms with Gasteiger partial charge in [0, 0.05) is 23.5 Å². The zero-order valence-electron chi connectivity index (χ0n) is 12.2. The fourth-order valence-corrected chi connectivity index (χ4v) is 3.05. The Morgan fingerprint density at radius 1 is 1.37 bits per heavy atom. The lowest BCUT2D eigenvalue weighted by atomic mass is 10.2. The minimum Gasteiger partial charge on any atom is -0.312 e. The van der Waals surface area contributed by atoms with Crippen molar-refractivity contribution < 1.29 is 0 Å². The zero-order valence-corrected chi connectivity index (χ0v) is 13.0. The van der Waals surface area contributed by atoms with Gasteiger partial charge < -0.3 is 5.32 Å². The molecule has 0 radical (unpaired) electrons. The Kier molecular flexibility index (Phi) is 4.06. The summed E-state index contributed by atoms with van der Waals surface area (Å²) in [5.41, 5.74) is 1.14. The smallest absolute Gasteiger partial charge is 0.262 e. The topological polar surface area (TPSA) is 46.9 Å². The summed E-state index contributed by atoms with van der Waals surface area (Å²) in [4.78, 5) is 19.0. The molecule has 2 rings (SSSR count). The van der Waals surface area contributed by atoms with Gasteiger partial charge in [-0.3, -0.25) is 9.36 Å². The molecule has 0 fully saturated rings. The molecule has 1 unspecified atom stereocenters.